The van der Waals surface area contributed by atoms with Crippen molar-refractivity contribution in [2.75, 3.05) is 13.2 Å². The Balaban J connectivity index is 2.08. The van der Waals surface area contributed by atoms with Crippen LogP contribution in [0.3, 0.4) is 0 Å². The first-order chi connectivity index (χ1) is 7.98. The fourth-order valence-electron chi connectivity index (χ4n) is 2.18. The lowest BCUT2D eigenvalue weighted by molar-refractivity contribution is 0.00853. The van der Waals surface area contributed by atoms with Crippen molar-refractivity contribution in [1.29, 1.82) is 0 Å². The number of rotatable bonds is 2. The van der Waals surface area contributed by atoms with Crippen LogP contribution in [0.4, 0.5) is 0 Å². The Labute approximate surface area is 108 Å². The maximum Gasteiger partial charge on any atom is 0.0911 e. The second-order valence-electron chi connectivity index (χ2n) is 5.85. The second kappa shape index (κ2) is 5.09. The molecule has 2 nitrogen and oxygen atoms in total. The highest BCUT2D eigenvalue weighted by Gasteiger charge is 2.26. The average Bonchev–Trinajstić information content (AvgIpc) is 2.78. The van der Waals surface area contributed by atoms with E-state index in [0.717, 1.165) is 30.9 Å². The van der Waals surface area contributed by atoms with Gasteiger partial charge in [-0.3, -0.25) is 0 Å². The van der Waals surface area contributed by atoms with Gasteiger partial charge in [-0.15, -0.1) is 11.3 Å². The van der Waals surface area contributed by atoms with Crippen molar-refractivity contribution in [3.63, 3.8) is 0 Å². The molecule has 0 saturated carbocycles. The molecule has 2 rings (SSSR count). The Morgan fingerprint density at radius 2 is 1.94 bits per heavy atom. The van der Waals surface area contributed by atoms with Crippen LogP contribution in [0.1, 0.15) is 49.5 Å². The zero-order valence-electron chi connectivity index (χ0n) is 10.9. The molecule has 2 heterocycles. The standard InChI is InChI=1S/C14H22O2S/c1-14(2,3)12-5-4-11(17-12)13(15)10-6-8-16-9-7-10/h4-5,10,13,15H,6-9H2,1-3H3. The minimum atomic E-state index is -0.306. The first-order valence-electron chi connectivity index (χ1n) is 6.34. The van der Waals surface area contributed by atoms with E-state index in [1.165, 1.54) is 4.88 Å². The Bertz CT molecular complexity index is 359. The highest BCUT2D eigenvalue weighted by atomic mass is 32.1. The van der Waals surface area contributed by atoms with Crippen LogP contribution in [-0.2, 0) is 10.2 Å². The van der Waals surface area contributed by atoms with Crippen molar-refractivity contribution in [2.24, 2.45) is 5.92 Å². The van der Waals surface area contributed by atoms with E-state index in [9.17, 15) is 5.11 Å². The van der Waals surface area contributed by atoms with Crippen molar-refractivity contribution >= 4 is 11.3 Å². The van der Waals surface area contributed by atoms with Gasteiger partial charge >= 0.3 is 0 Å². The molecule has 1 aromatic heterocycles. The third-order valence-electron chi connectivity index (χ3n) is 3.37. The molecule has 96 valence electrons. The van der Waals surface area contributed by atoms with Gasteiger partial charge in [0.2, 0.25) is 0 Å². The normalized spacial score (nSPS) is 20.5. The summed E-state index contributed by atoms with van der Waals surface area (Å²) >= 11 is 1.75. The Morgan fingerprint density at radius 3 is 2.47 bits per heavy atom. The molecule has 0 radical (unpaired) electrons. The third kappa shape index (κ3) is 3.09. The van der Waals surface area contributed by atoms with Gasteiger partial charge in [-0.2, -0.15) is 0 Å². The molecule has 17 heavy (non-hydrogen) atoms. The second-order valence-corrected chi connectivity index (χ2v) is 6.96. The average molecular weight is 254 g/mol. The van der Waals surface area contributed by atoms with Crippen molar-refractivity contribution in [2.45, 2.75) is 45.1 Å². The zero-order chi connectivity index (χ0) is 12.5. The van der Waals surface area contributed by atoms with Crippen LogP contribution in [0.2, 0.25) is 0 Å². The molecule has 0 bridgehead atoms. The maximum absolute atomic E-state index is 10.4. The van der Waals surface area contributed by atoms with Crippen LogP contribution >= 0.6 is 11.3 Å². The van der Waals surface area contributed by atoms with Crippen LogP contribution in [0.5, 0.6) is 0 Å². The lowest BCUT2D eigenvalue weighted by Gasteiger charge is -2.26. The predicted octanol–water partition coefficient (Wildman–Crippen LogP) is 3.51. The first-order valence-corrected chi connectivity index (χ1v) is 7.16. The van der Waals surface area contributed by atoms with E-state index >= 15 is 0 Å². The van der Waals surface area contributed by atoms with E-state index in [1.807, 2.05) is 0 Å². The van der Waals surface area contributed by atoms with Crippen LogP contribution in [0.15, 0.2) is 12.1 Å². The molecule has 0 spiro atoms. The van der Waals surface area contributed by atoms with Crippen molar-refractivity contribution < 1.29 is 9.84 Å². The summed E-state index contributed by atoms with van der Waals surface area (Å²) in [6.45, 7) is 8.22. The molecule has 0 amide bonds. The van der Waals surface area contributed by atoms with E-state index in [4.69, 9.17) is 4.74 Å². The van der Waals surface area contributed by atoms with Gasteiger partial charge in [-0.1, -0.05) is 20.8 Å². The summed E-state index contributed by atoms with van der Waals surface area (Å²) in [6, 6.07) is 4.24. The topological polar surface area (TPSA) is 29.5 Å². The third-order valence-corrected chi connectivity index (χ3v) is 4.95. The number of aliphatic hydroxyl groups excluding tert-OH is 1. The van der Waals surface area contributed by atoms with Gasteiger partial charge in [0.05, 0.1) is 6.10 Å². The van der Waals surface area contributed by atoms with Crippen LogP contribution in [0.25, 0.3) is 0 Å². The molecular weight excluding hydrogens is 232 g/mol. The van der Waals surface area contributed by atoms with Gasteiger partial charge in [0.1, 0.15) is 0 Å². The Kier molecular flexibility index (Phi) is 3.91. The molecule has 1 aliphatic heterocycles. The molecule has 1 fully saturated rings. The largest absolute Gasteiger partial charge is 0.387 e. The fourth-order valence-corrected chi connectivity index (χ4v) is 3.32. The first kappa shape index (κ1) is 13.1. The molecular formula is C14H22O2S. The zero-order valence-corrected chi connectivity index (χ0v) is 11.7. The minimum Gasteiger partial charge on any atom is -0.387 e. The summed E-state index contributed by atoms with van der Waals surface area (Å²) in [7, 11) is 0. The lowest BCUT2D eigenvalue weighted by atomic mass is 9.92. The van der Waals surface area contributed by atoms with Gasteiger partial charge in [0.25, 0.3) is 0 Å². The SMILES string of the molecule is CC(C)(C)c1ccc(C(O)C2CCOCC2)s1. The molecule has 0 aromatic carbocycles. The van der Waals surface area contributed by atoms with Crippen LogP contribution < -0.4 is 0 Å². The van der Waals surface area contributed by atoms with E-state index < -0.39 is 0 Å². The highest BCUT2D eigenvalue weighted by Crippen LogP contribution is 2.37. The molecule has 1 unspecified atom stereocenters. The molecule has 1 aromatic rings. The maximum atomic E-state index is 10.4. The van der Waals surface area contributed by atoms with E-state index in [0.29, 0.717) is 5.92 Å². The van der Waals surface area contributed by atoms with Crippen molar-refractivity contribution in [3.05, 3.63) is 21.9 Å². The van der Waals surface area contributed by atoms with Gasteiger partial charge in [0.15, 0.2) is 0 Å². The lowest BCUT2D eigenvalue weighted by Crippen LogP contribution is -2.21. The van der Waals surface area contributed by atoms with Gasteiger partial charge in [-0.05, 0) is 36.3 Å². The van der Waals surface area contributed by atoms with Crippen LogP contribution in [0, 0.1) is 5.92 Å². The summed E-state index contributed by atoms with van der Waals surface area (Å²) < 4.78 is 5.34. The number of thiophene rings is 1. The summed E-state index contributed by atoms with van der Waals surface area (Å²) in [5.41, 5.74) is 0.179. The molecule has 3 heteroatoms. The van der Waals surface area contributed by atoms with E-state index in [2.05, 4.69) is 32.9 Å². The summed E-state index contributed by atoms with van der Waals surface area (Å²) in [5.74, 6) is 0.371. The minimum absolute atomic E-state index is 0.179. The quantitative estimate of drug-likeness (QED) is 0.875. The number of ether oxygens (including phenoxy) is 1. The smallest absolute Gasteiger partial charge is 0.0911 e. The van der Waals surface area contributed by atoms with E-state index in [1.54, 1.807) is 11.3 Å². The number of hydrogen-bond acceptors (Lipinski definition) is 3. The molecule has 0 aliphatic carbocycles. The summed E-state index contributed by atoms with van der Waals surface area (Å²) in [6.07, 6.45) is 1.65. The predicted molar refractivity (Wildman–Crippen MR) is 71.5 cm³/mol. The Morgan fingerprint density at radius 1 is 1.29 bits per heavy atom. The number of hydrogen-bond donors (Lipinski definition) is 1. The highest BCUT2D eigenvalue weighted by molar-refractivity contribution is 7.12. The number of aliphatic hydroxyl groups is 1. The van der Waals surface area contributed by atoms with Crippen molar-refractivity contribution in [3.8, 4) is 0 Å². The van der Waals surface area contributed by atoms with Gasteiger partial charge < -0.3 is 9.84 Å². The molecule has 1 saturated heterocycles. The van der Waals surface area contributed by atoms with E-state index in [-0.39, 0.29) is 11.5 Å². The van der Waals surface area contributed by atoms with Crippen LogP contribution in [-0.4, -0.2) is 18.3 Å². The molecule has 1 atom stereocenters. The van der Waals surface area contributed by atoms with Gasteiger partial charge in [-0.25, -0.2) is 0 Å². The Hall–Kier alpha value is -0.380. The molecule has 1 aliphatic rings. The summed E-state index contributed by atoms with van der Waals surface area (Å²) in [4.78, 5) is 2.46. The van der Waals surface area contributed by atoms with Crippen molar-refractivity contribution in [1.82, 2.24) is 0 Å². The molecule has 1 N–H and O–H groups in total. The summed E-state index contributed by atoms with van der Waals surface area (Å²) in [5, 5.41) is 10.4. The van der Waals surface area contributed by atoms with Gasteiger partial charge in [0, 0.05) is 23.0 Å². The monoisotopic (exact) mass is 254 g/mol. The fraction of sp³-hybridized carbons (Fsp3) is 0.714.